The second-order valence-electron chi connectivity index (χ2n) is 3.81. The molecule has 0 amide bonds. The molecule has 0 atom stereocenters. The molecule has 0 spiro atoms. The molecule has 0 saturated heterocycles. The van der Waals surface area contributed by atoms with Crippen LogP contribution < -0.4 is 0 Å². The maximum absolute atomic E-state index is 9.32. The lowest BCUT2D eigenvalue weighted by Crippen LogP contribution is -1.88. The Labute approximate surface area is 94.0 Å². The smallest absolute Gasteiger partial charge is 0.0688 e. The zero-order chi connectivity index (χ0) is 10.8. The molecule has 2 rings (SSSR count). The van der Waals surface area contributed by atoms with Crippen molar-refractivity contribution in [3.05, 3.63) is 46.3 Å². The zero-order valence-corrected chi connectivity index (χ0v) is 9.77. The summed E-state index contributed by atoms with van der Waals surface area (Å²) in [6, 6.07) is 8.38. The maximum Gasteiger partial charge on any atom is 0.0688 e. The number of benzene rings is 1. The summed E-state index contributed by atoms with van der Waals surface area (Å²) in [7, 11) is 0. The minimum absolute atomic E-state index is 0.105. The molecule has 2 heteroatoms. The van der Waals surface area contributed by atoms with Crippen LogP contribution in [0.15, 0.2) is 29.6 Å². The van der Waals surface area contributed by atoms with E-state index in [0.29, 0.717) is 0 Å². The van der Waals surface area contributed by atoms with E-state index in [9.17, 15) is 5.11 Å². The molecule has 1 aromatic carbocycles. The van der Waals surface area contributed by atoms with Gasteiger partial charge in [-0.15, -0.1) is 11.3 Å². The lowest BCUT2D eigenvalue weighted by molar-refractivity contribution is 0.282. The highest BCUT2D eigenvalue weighted by molar-refractivity contribution is 7.13. The molecule has 0 aliphatic heterocycles. The van der Waals surface area contributed by atoms with Crippen molar-refractivity contribution in [1.29, 1.82) is 0 Å². The average Bonchev–Trinajstić information content (AvgIpc) is 2.64. The van der Waals surface area contributed by atoms with Gasteiger partial charge in [0.1, 0.15) is 0 Å². The van der Waals surface area contributed by atoms with E-state index in [1.807, 2.05) is 13.0 Å². The van der Waals surface area contributed by atoms with Crippen LogP contribution in [0.4, 0.5) is 0 Å². The van der Waals surface area contributed by atoms with Crippen LogP contribution in [0.1, 0.15) is 16.7 Å². The van der Waals surface area contributed by atoms with E-state index in [2.05, 4.69) is 30.5 Å². The molecular weight excluding hydrogens is 204 g/mol. The van der Waals surface area contributed by atoms with Crippen molar-refractivity contribution in [2.24, 2.45) is 0 Å². The van der Waals surface area contributed by atoms with Crippen molar-refractivity contribution < 1.29 is 5.11 Å². The number of aliphatic hydroxyl groups is 1. The molecule has 1 aromatic heterocycles. The Bertz CT molecular complexity index is 471. The van der Waals surface area contributed by atoms with Crippen molar-refractivity contribution >= 4 is 11.3 Å². The van der Waals surface area contributed by atoms with Gasteiger partial charge in [0.05, 0.1) is 6.61 Å². The molecule has 1 nitrogen and oxygen atoms in total. The van der Waals surface area contributed by atoms with Gasteiger partial charge < -0.3 is 5.11 Å². The first-order valence-electron chi connectivity index (χ1n) is 4.96. The lowest BCUT2D eigenvalue weighted by Gasteiger charge is -2.06. The summed E-state index contributed by atoms with van der Waals surface area (Å²) in [5.41, 5.74) is 4.63. The number of thiophene rings is 1. The van der Waals surface area contributed by atoms with Gasteiger partial charge in [0, 0.05) is 4.88 Å². The molecule has 0 saturated carbocycles. The first-order chi connectivity index (χ1) is 7.20. The molecule has 0 radical (unpaired) electrons. The number of rotatable bonds is 2. The lowest BCUT2D eigenvalue weighted by atomic mass is 10.0. The molecule has 0 aliphatic carbocycles. The highest BCUT2D eigenvalue weighted by Crippen LogP contribution is 2.30. The van der Waals surface area contributed by atoms with Crippen molar-refractivity contribution in [2.45, 2.75) is 20.5 Å². The van der Waals surface area contributed by atoms with E-state index in [-0.39, 0.29) is 6.61 Å². The molecule has 78 valence electrons. The van der Waals surface area contributed by atoms with Crippen LogP contribution >= 0.6 is 11.3 Å². The molecule has 2 aromatic rings. The highest BCUT2D eigenvalue weighted by Gasteiger charge is 2.06. The SMILES string of the molecule is Cc1csc(-c2ccc(C)cc2CO)c1. The Hall–Kier alpha value is -1.12. The monoisotopic (exact) mass is 218 g/mol. The van der Waals surface area contributed by atoms with E-state index in [1.54, 1.807) is 11.3 Å². The van der Waals surface area contributed by atoms with Gasteiger partial charge in [-0.1, -0.05) is 23.8 Å². The highest BCUT2D eigenvalue weighted by atomic mass is 32.1. The Morgan fingerprint density at radius 1 is 1.13 bits per heavy atom. The van der Waals surface area contributed by atoms with Gasteiger partial charge in [0.25, 0.3) is 0 Å². The Morgan fingerprint density at radius 3 is 2.53 bits per heavy atom. The van der Waals surface area contributed by atoms with E-state index >= 15 is 0 Å². The zero-order valence-electron chi connectivity index (χ0n) is 8.95. The number of hydrogen-bond donors (Lipinski definition) is 1. The van der Waals surface area contributed by atoms with Crippen LogP contribution in [0.5, 0.6) is 0 Å². The van der Waals surface area contributed by atoms with E-state index < -0.39 is 0 Å². The predicted octanol–water partition coefficient (Wildman–Crippen LogP) is 3.52. The van der Waals surface area contributed by atoms with Gasteiger partial charge in [0.15, 0.2) is 0 Å². The van der Waals surface area contributed by atoms with Gasteiger partial charge in [-0.25, -0.2) is 0 Å². The molecule has 0 fully saturated rings. The van der Waals surface area contributed by atoms with Crippen molar-refractivity contribution in [3.8, 4) is 10.4 Å². The third kappa shape index (κ3) is 2.11. The van der Waals surface area contributed by atoms with Crippen LogP contribution in [-0.4, -0.2) is 5.11 Å². The quantitative estimate of drug-likeness (QED) is 0.817. The summed E-state index contributed by atoms with van der Waals surface area (Å²) in [5.74, 6) is 0. The summed E-state index contributed by atoms with van der Waals surface area (Å²) < 4.78 is 0. The molecule has 15 heavy (non-hydrogen) atoms. The fourth-order valence-corrected chi connectivity index (χ4v) is 2.63. The van der Waals surface area contributed by atoms with Gasteiger partial charge in [0.2, 0.25) is 0 Å². The van der Waals surface area contributed by atoms with E-state index in [1.165, 1.54) is 16.0 Å². The Kier molecular flexibility index (Phi) is 2.89. The molecule has 0 bridgehead atoms. The minimum atomic E-state index is 0.105. The summed E-state index contributed by atoms with van der Waals surface area (Å²) >= 11 is 1.73. The minimum Gasteiger partial charge on any atom is -0.392 e. The third-order valence-electron chi connectivity index (χ3n) is 2.43. The first kappa shape index (κ1) is 10.4. The van der Waals surface area contributed by atoms with Crippen LogP contribution in [0.25, 0.3) is 10.4 Å². The summed E-state index contributed by atoms with van der Waals surface area (Å²) in [5, 5.41) is 11.5. The van der Waals surface area contributed by atoms with Gasteiger partial charge in [-0.3, -0.25) is 0 Å². The molecule has 1 heterocycles. The number of aliphatic hydroxyl groups excluding tert-OH is 1. The normalized spacial score (nSPS) is 10.6. The van der Waals surface area contributed by atoms with E-state index in [0.717, 1.165) is 11.1 Å². The topological polar surface area (TPSA) is 20.2 Å². The number of aryl methyl sites for hydroxylation is 2. The number of hydrogen-bond acceptors (Lipinski definition) is 2. The maximum atomic E-state index is 9.32. The third-order valence-corrected chi connectivity index (χ3v) is 3.51. The Morgan fingerprint density at radius 2 is 1.93 bits per heavy atom. The van der Waals surface area contributed by atoms with Crippen molar-refractivity contribution in [2.75, 3.05) is 0 Å². The Balaban J connectivity index is 2.52. The summed E-state index contributed by atoms with van der Waals surface area (Å²) in [6.07, 6.45) is 0. The molecule has 1 N–H and O–H groups in total. The second kappa shape index (κ2) is 4.17. The van der Waals surface area contributed by atoms with E-state index in [4.69, 9.17) is 0 Å². The standard InChI is InChI=1S/C13H14OS/c1-9-3-4-12(11(5-9)7-14)13-6-10(2)8-15-13/h3-6,8,14H,7H2,1-2H3. The van der Waals surface area contributed by atoms with Crippen molar-refractivity contribution in [3.63, 3.8) is 0 Å². The van der Waals surface area contributed by atoms with Crippen molar-refractivity contribution in [1.82, 2.24) is 0 Å². The van der Waals surface area contributed by atoms with Crippen LogP contribution in [-0.2, 0) is 6.61 Å². The predicted molar refractivity (Wildman–Crippen MR) is 65.2 cm³/mol. The summed E-state index contributed by atoms with van der Waals surface area (Å²) in [4.78, 5) is 1.23. The first-order valence-corrected chi connectivity index (χ1v) is 5.84. The van der Waals surface area contributed by atoms with Gasteiger partial charge in [-0.05, 0) is 42.0 Å². The van der Waals surface area contributed by atoms with Gasteiger partial charge in [-0.2, -0.15) is 0 Å². The fraction of sp³-hybridized carbons (Fsp3) is 0.231. The second-order valence-corrected chi connectivity index (χ2v) is 4.72. The fourth-order valence-electron chi connectivity index (χ4n) is 1.67. The largest absolute Gasteiger partial charge is 0.392 e. The summed E-state index contributed by atoms with van der Waals surface area (Å²) in [6.45, 7) is 4.24. The molecule has 0 unspecified atom stereocenters. The van der Waals surface area contributed by atoms with Crippen LogP contribution in [0, 0.1) is 13.8 Å². The van der Waals surface area contributed by atoms with Gasteiger partial charge >= 0.3 is 0 Å². The molecular formula is C13H14OS. The average molecular weight is 218 g/mol. The van der Waals surface area contributed by atoms with Crippen LogP contribution in [0.2, 0.25) is 0 Å². The molecule has 0 aliphatic rings. The van der Waals surface area contributed by atoms with Crippen LogP contribution in [0.3, 0.4) is 0 Å².